The molecule has 2 rings (SSSR count). The van der Waals surface area contributed by atoms with Crippen LogP contribution in [0, 0.1) is 22.0 Å². The molecule has 1 saturated heterocycles. The number of carboxylic acid groups (broad SMARTS) is 1. The second kappa shape index (κ2) is 6.51. The largest absolute Gasteiger partial charge is 0.481 e. The first-order valence-electron chi connectivity index (χ1n) is 7.04. The molecule has 0 spiro atoms. The SMILES string of the molecule is CC(CC(=O)O)C1CCCN(c2ccncc2[N+](=O)[O-])C1. The summed E-state index contributed by atoms with van der Waals surface area (Å²) in [5.74, 6) is -0.497. The maximum atomic E-state index is 11.1. The molecule has 114 valence electrons. The van der Waals surface area contributed by atoms with Gasteiger partial charge in [0, 0.05) is 25.7 Å². The average Bonchev–Trinajstić information content (AvgIpc) is 2.46. The first kappa shape index (κ1) is 15.2. The number of carboxylic acids is 1. The Kier molecular flexibility index (Phi) is 4.72. The van der Waals surface area contributed by atoms with E-state index < -0.39 is 10.9 Å². The van der Waals surface area contributed by atoms with Crippen molar-refractivity contribution in [3.8, 4) is 0 Å². The molecular formula is C14H19N3O4. The van der Waals surface area contributed by atoms with E-state index in [1.165, 1.54) is 6.20 Å². The Morgan fingerprint density at radius 1 is 1.67 bits per heavy atom. The molecule has 21 heavy (non-hydrogen) atoms. The van der Waals surface area contributed by atoms with Crippen molar-refractivity contribution >= 4 is 17.3 Å². The number of rotatable bonds is 5. The fraction of sp³-hybridized carbons (Fsp3) is 0.571. The van der Waals surface area contributed by atoms with Crippen LogP contribution in [0.5, 0.6) is 0 Å². The van der Waals surface area contributed by atoms with Crippen LogP contribution in [0.2, 0.25) is 0 Å². The van der Waals surface area contributed by atoms with E-state index in [2.05, 4.69) is 4.98 Å². The van der Waals surface area contributed by atoms with Gasteiger partial charge in [0.05, 0.1) is 4.92 Å². The Balaban J connectivity index is 2.14. The molecule has 1 N–H and O–H groups in total. The summed E-state index contributed by atoms with van der Waals surface area (Å²) in [6, 6.07) is 1.66. The summed E-state index contributed by atoms with van der Waals surface area (Å²) in [5.41, 5.74) is 0.575. The molecule has 2 atom stereocenters. The predicted octanol–water partition coefficient (Wildman–Crippen LogP) is 2.32. The molecule has 2 unspecified atom stereocenters. The van der Waals surface area contributed by atoms with Gasteiger partial charge >= 0.3 is 11.7 Å². The lowest BCUT2D eigenvalue weighted by molar-refractivity contribution is -0.384. The van der Waals surface area contributed by atoms with Gasteiger partial charge in [-0.1, -0.05) is 6.92 Å². The van der Waals surface area contributed by atoms with Gasteiger partial charge < -0.3 is 10.0 Å². The fourth-order valence-electron chi connectivity index (χ4n) is 2.92. The number of nitrogens with zero attached hydrogens (tertiary/aromatic N) is 3. The molecule has 7 heteroatoms. The van der Waals surface area contributed by atoms with Gasteiger partial charge in [0.1, 0.15) is 11.9 Å². The van der Waals surface area contributed by atoms with Crippen molar-refractivity contribution in [1.82, 2.24) is 4.98 Å². The van der Waals surface area contributed by atoms with Crippen LogP contribution in [0.15, 0.2) is 18.5 Å². The summed E-state index contributed by atoms with van der Waals surface area (Å²) in [6.07, 6.45) is 4.82. The van der Waals surface area contributed by atoms with Crippen molar-refractivity contribution in [2.45, 2.75) is 26.2 Å². The highest BCUT2D eigenvalue weighted by Crippen LogP contribution is 2.33. The molecule has 0 saturated carbocycles. The number of aromatic nitrogens is 1. The summed E-state index contributed by atoms with van der Waals surface area (Å²) in [6.45, 7) is 3.34. The van der Waals surface area contributed by atoms with Crippen LogP contribution in [-0.2, 0) is 4.79 Å². The van der Waals surface area contributed by atoms with E-state index in [1.54, 1.807) is 12.3 Å². The molecule has 0 bridgehead atoms. The lowest BCUT2D eigenvalue weighted by Gasteiger charge is -2.36. The van der Waals surface area contributed by atoms with Crippen LogP contribution < -0.4 is 4.90 Å². The van der Waals surface area contributed by atoms with Crippen LogP contribution in [0.3, 0.4) is 0 Å². The van der Waals surface area contributed by atoms with Crippen LogP contribution in [0.1, 0.15) is 26.2 Å². The third-order valence-corrected chi connectivity index (χ3v) is 4.07. The van der Waals surface area contributed by atoms with E-state index in [1.807, 2.05) is 11.8 Å². The van der Waals surface area contributed by atoms with Crippen molar-refractivity contribution in [1.29, 1.82) is 0 Å². The Labute approximate surface area is 122 Å². The number of hydrogen-bond acceptors (Lipinski definition) is 5. The van der Waals surface area contributed by atoms with Gasteiger partial charge in [0.15, 0.2) is 0 Å². The molecule has 0 amide bonds. The molecule has 0 radical (unpaired) electrons. The van der Waals surface area contributed by atoms with Gasteiger partial charge in [-0.05, 0) is 30.7 Å². The smallest absolute Gasteiger partial charge is 0.310 e. The minimum atomic E-state index is -0.797. The third-order valence-electron chi connectivity index (χ3n) is 4.07. The van der Waals surface area contributed by atoms with E-state index in [0.29, 0.717) is 12.2 Å². The topological polar surface area (TPSA) is 96.6 Å². The molecule has 1 aromatic heterocycles. The first-order valence-corrected chi connectivity index (χ1v) is 7.04. The number of carbonyl (C=O) groups is 1. The zero-order valence-corrected chi connectivity index (χ0v) is 11.9. The standard InChI is InChI=1S/C14H19N3O4/c1-10(7-14(18)19)11-3-2-6-16(9-11)12-4-5-15-8-13(12)17(20)21/h4-5,8,10-11H,2-3,6-7,9H2,1H3,(H,18,19). The second-order valence-corrected chi connectivity index (χ2v) is 5.54. The van der Waals surface area contributed by atoms with Gasteiger partial charge in [0.25, 0.3) is 0 Å². The molecule has 2 heterocycles. The fourth-order valence-corrected chi connectivity index (χ4v) is 2.92. The molecule has 0 aromatic carbocycles. The van der Waals surface area contributed by atoms with Gasteiger partial charge in [-0.2, -0.15) is 0 Å². The van der Waals surface area contributed by atoms with E-state index >= 15 is 0 Å². The van der Waals surface area contributed by atoms with Gasteiger partial charge in [-0.15, -0.1) is 0 Å². The van der Waals surface area contributed by atoms with E-state index in [9.17, 15) is 14.9 Å². The van der Waals surface area contributed by atoms with Gasteiger partial charge in [0.2, 0.25) is 0 Å². The van der Waals surface area contributed by atoms with E-state index in [0.717, 1.165) is 19.4 Å². The van der Waals surface area contributed by atoms with Gasteiger partial charge in [-0.3, -0.25) is 19.9 Å². The van der Waals surface area contributed by atoms with Gasteiger partial charge in [-0.25, -0.2) is 0 Å². The molecule has 1 aliphatic rings. The van der Waals surface area contributed by atoms with Crippen molar-refractivity contribution in [3.05, 3.63) is 28.6 Å². The maximum Gasteiger partial charge on any atom is 0.310 e. The molecule has 0 aliphatic carbocycles. The van der Waals surface area contributed by atoms with Crippen LogP contribution in [0.25, 0.3) is 0 Å². The number of nitro groups is 1. The highest BCUT2D eigenvalue weighted by molar-refractivity contribution is 5.67. The summed E-state index contributed by atoms with van der Waals surface area (Å²) >= 11 is 0. The Morgan fingerprint density at radius 3 is 3.10 bits per heavy atom. The molecule has 1 aliphatic heterocycles. The number of hydrogen-bond donors (Lipinski definition) is 1. The molecular weight excluding hydrogens is 274 g/mol. The van der Waals surface area contributed by atoms with Crippen molar-refractivity contribution in [2.24, 2.45) is 11.8 Å². The summed E-state index contributed by atoms with van der Waals surface area (Å²) in [4.78, 5) is 27.3. The summed E-state index contributed by atoms with van der Waals surface area (Å²) in [5, 5.41) is 20.0. The zero-order valence-electron chi connectivity index (χ0n) is 11.9. The normalized spacial score (nSPS) is 20.0. The quantitative estimate of drug-likeness (QED) is 0.661. The maximum absolute atomic E-state index is 11.1. The highest BCUT2D eigenvalue weighted by atomic mass is 16.6. The second-order valence-electron chi connectivity index (χ2n) is 5.54. The predicted molar refractivity (Wildman–Crippen MR) is 77.2 cm³/mol. The Bertz CT molecular complexity index is 535. The number of piperidine rings is 1. The zero-order chi connectivity index (χ0) is 15.4. The van der Waals surface area contributed by atoms with E-state index in [4.69, 9.17) is 5.11 Å². The Hall–Kier alpha value is -2.18. The average molecular weight is 293 g/mol. The van der Waals surface area contributed by atoms with Crippen molar-refractivity contribution < 1.29 is 14.8 Å². The van der Waals surface area contributed by atoms with Crippen molar-refractivity contribution in [3.63, 3.8) is 0 Å². The first-order chi connectivity index (χ1) is 9.99. The lowest BCUT2D eigenvalue weighted by atomic mass is 9.84. The summed E-state index contributed by atoms with van der Waals surface area (Å²) < 4.78 is 0. The summed E-state index contributed by atoms with van der Waals surface area (Å²) in [7, 11) is 0. The molecule has 1 fully saturated rings. The van der Waals surface area contributed by atoms with E-state index in [-0.39, 0.29) is 23.9 Å². The minimum Gasteiger partial charge on any atom is -0.481 e. The number of aliphatic carboxylic acids is 1. The Morgan fingerprint density at radius 2 is 2.43 bits per heavy atom. The highest BCUT2D eigenvalue weighted by Gasteiger charge is 2.29. The molecule has 7 nitrogen and oxygen atoms in total. The van der Waals surface area contributed by atoms with Crippen molar-refractivity contribution in [2.75, 3.05) is 18.0 Å². The van der Waals surface area contributed by atoms with Crippen LogP contribution in [0.4, 0.5) is 11.4 Å². The lowest BCUT2D eigenvalue weighted by Crippen LogP contribution is -2.38. The minimum absolute atomic E-state index is 0.00374. The number of pyridine rings is 1. The number of anilines is 1. The van der Waals surface area contributed by atoms with Crippen LogP contribution in [-0.4, -0.2) is 34.1 Å². The van der Waals surface area contributed by atoms with Crippen LogP contribution >= 0.6 is 0 Å². The monoisotopic (exact) mass is 293 g/mol. The molecule has 1 aromatic rings. The third kappa shape index (κ3) is 3.68.